The van der Waals surface area contributed by atoms with Gasteiger partial charge in [0.1, 0.15) is 11.5 Å². The van der Waals surface area contributed by atoms with Crippen molar-refractivity contribution in [2.75, 3.05) is 30.5 Å². The summed E-state index contributed by atoms with van der Waals surface area (Å²) in [6, 6.07) is 14.6. The lowest BCUT2D eigenvalue weighted by atomic mass is 9.85. The van der Waals surface area contributed by atoms with Gasteiger partial charge in [-0.1, -0.05) is 26.0 Å². The number of hydrogen-bond donors (Lipinski definition) is 5. The molecule has 40 heavy (non-hydrogen) atoms. The zero-order valence-corrected chi connectivity index (χ0v) is 22.3. The van der Waals surface area contributed by atoms with Crippen LogP contribution in [0.15, 0.2) is 59.4 Å². The van der Waals surface area contributed by atoms with E-state index >= 15 is 0 Å². The summed E-state index contributed by atoms with van der Waals surface area (Å²) in [5.41, 5.74) is 2.69. The largest absolute Gasteiger partial charge is 0.394 e. The zero-order valence-electron chi connectivity index (χ0n) is 22.3. The van der Waals surface area contributed by atoms with Crippen molar-refractivity contribution in [2.45, 2.75) is 38.0 Å². The van der Waals surface area contributed by atoms with Crippen LogP contribution < -0.4 is 16.2 Å². The van der Waals surface area contributed by atoms with E-state index in [1.54, 1.807) is 18.2 Å². The number of aliphatic hydroxyl groups excluding tert-OH is 1. The maximum absolute atomic E-state index is 14.7. The Hall–Kier alpha value is -4.35. The standard InChI is InChI=1S/C29H31FN6O4/c1-29(2,16-40-12-11-37)20-8-5-18(6-9-20)27(38)32-24-13-19(7-10-21(24)30)22-14-25(28(39)36-34-22)31-26-15-23(33-35-26)17-3-4-17/h5-10,13-15,17,37H,3-4,11-12,16H2,1-2H3,(H,32,38)(H,36,39)(H2,31,33,34,35). The SMILES string of the molecule is CC(C)(COCCO)c1ccc(C(=O)Nc2cc(-c3cc(Nc4cc(C5CC5)[nH]n4)c(=O)[nH]n3)ccc2F)cc1. The van der Waals surface area contributed by atoms with Crippen LogP contribution in [0.4, 0.5) is 21.6 Å². The minimum absolute atomic E-state index is 0.0202. The number of aliphatic hydroxyl groups is 1. The van der Waals surface area contributed by atoms with E-state index in [0.717, 1.165) is 24.1 Å². The molecule has 1 fully saturated rings. The van der Waals surface area contributed by atoms with E-state index in [1.165, 1.54) is 18.2 Å². The number of halogens is 1. The monoisotopic (exact) mass is 546 g/mol. The molecule has 0 unspecified atom stereocenters. The van der Waals surface area contributed by atoms with Gasteiger partial charge in [-0.05, 0) is 54.8 Å². The van der Waals surface area contributed by atoms with Gasteiger partial charge in [-0.15, -0.1) is 0 Å². The highest BCUT2D eigenvalue weighted by atomic mass is 19.1. The van der Waals surface area contributed by atoms with Crippen LogP contribution in [-0.4, -0.2) is 51.2 Å². The molecule has 0 radical (unpaired) electrons. The van der Waals surface area contributed by atoms with Crippen molar-refractivity contribution >= 4 is 23.1 Å². The van der Waals surface area contributed by atoms with E-state index in [9.17, 15) is 14.0 Å². The lowest BCUT2D eigenvalue weighted by molar-refractivity contribution is 0.0642. The van der Waals surface area contributed by atoms with E-state index in [-0.39, 0.29) is 30.0 Å². The van der Waals surface area contributed by atoms with Crippen molar-refractivity contribution in [3.63, 3.8) is 0 Å². The Morgan fingerprint density at radius 2 is 1.85 bits per heavy atom. The van der Waals surface area contributed by atoms with Crippen molar-refractivity contribution in [2.24, 2.45) is 0 Å². The van der Waals surface area contributed by atoms with Gasteiger partial charge in [0.05, 0.1) is 31.2 Å². The first kappa shape index (κ1) is 27.2. The first-order chi connectivity index (χ1) is 19.2. The second-order valence-electron chi connectivity index (χ2n) is 10.5. The molecule has 0 bridgehead atoms. The fourth-order valence-electron chi connectivity index (χ4n) is 4.31. The number of carbonyl (C=O) groups is 1. The van der Waals surface area contributed by atoms with Crippen LogP contribution in [0.1, 0.15) is 54.2 Å². The van der Waals surface area contributed by atoms with Crippen molar-refractivity contribution in [1.29, 1.82) is 0 Å². The fourth-order valence-corrected chi connectivity index (χ4v) is 4.31. The van der Waals surface area contributed by atoms with E-state index in [2.05, 4.69) is 31.0 Å². The number of carbonyl (C=O) groups excluding carboxylic acids is 1. The molecule has 0 saturated heterocycles. The summed E-state index contributed by atoms with van der Waals surface area (Å²) in [6.07, 6.45) is 2.24. The molecule has 1 saturated carbocycles. The molecule has 1 aliphatic carbocycles. The van der Waals surface area contributed by atoms with Gasteiger partial charge >= 0.3 is 0 Å². The molecular weight excluding hydrogens is 515 g/mol. The Morgan fingerprint density at radius 3 is 2.58 bits per heavy atom. The molecule has 5 N–H and O–H groups in total. The van der Waals surface area contributed by atoms with Crippen molar-refractivity contribution in [1.82, 2.24) is 20.4 Å². The molecule has 10 nitrogen and oxygen atoms in total. The summed E-state index contributed by atoms with van der Waals surface area (Å²) in [5, 5.41) is 28.3. The summed E-state index contributed by atoms with van der Waals surface area (Å²) in [6.45, 7) is 4.64. The van der Waals surface area contributed by atoms with E-state index < -0.39 is 17.3 Å². The first-order valence-corrected chi connectivity index (χ1v) is 13.1. The topological polar surface area (TPSA) is 145 Å². The van der Waals surface area contributed by atoms with Crippen LogP contribution >= 0.6 is 0 Å². The summed E-state index contributed by atoms with van der Waals surface area (Å²) >= 11 is 0. The average Bonchev–Trinajstić information content (AvgIpc) is 3.69. The number of anilines is 3. The molecule has 208 valence electrons. The van der Waals surface area contributed by atoms with E-state index in [4.69, 9.17) is 9.84 Å². The van der Waals surface area contributed by atoms with Crippen molar-refractivity contribution in [3.05, 3.63) is 87.6 Å². The Balaban J connectivity index is 1.30. The number of nitrogens with zero attached hydrogens (tertiary/aromatic N) is 2. The molecular formula is C29H31FN6O4. The lowest BCUT2D eigenvalue weighted by Crippen LogP contribution is -2.25. The summed E-state index contributed by atoms with van der Waals surface area (Å²) in [7, 11) is 0. The second-order valence-corrected chi connectivity index (χ2v) is 10.5. The minimum atomic E-state index is -0.609. The number of aromatic nitrogens is 4. The summed E-state index contributed by atoms with van der Waals surface area (Å²) in [4.78, 5) is 25.3. The highest BCUT2D eigenvalue weighted by Gasteiger charge is 2.26. The highest BCUT2D eigenvalue weighted by Crippen LogP contribution is 2.39. The third kappa shape index (κ3) is 6.27. The predicted molar refractivity (Wildman–Crippen MR) is 149 cm³/mol. The van der Waals surface area contributed by atoms with Crippen LogP contribution in [0.3, 0.4) is 0 Å². The smallest absolute Gasteiger partial charge is 0.287 e. The van der Waals surface area contributed by atoms with Crippen LogP contribution in [0.5, 0.6) is 0 Å². The Bertz CT molecular complexity index is 1560. The average molecular weight is 547 g/mol. The van der Waals surface area contributed by atoms with Gasteiger partial charge in [0.15, 0.2) is 5.82 Å². The van der Waals surface area contributed by atoms with Crippen molar-refractivity contribution < 1.29 is 19.0 Å². The van der Waals surface area contributed by atoms with Crippen LogP contribution in [0.25, 0.3) is 11.3 Å². The van der Waals surface area contributed by atoms with Crippen LogP contribution in [0.2, 0.25) is 0 Å². The van der Waals surface area contributed by atoms with Gasteiger partial charge in [0, 0.05) is 34.2 Å². The number of hydrogen-bond acceptors (Lipinski definition) is 7. The molecule has 4 aromatic rings. The van der Waals surface area contributed by atoms with Gasteiger partial charge in [-0.25, -0.2) is 9.49 Å². The molecule has 2 aromatic heterocycles. The summed E-state index contributed by atoms with van der Waals surface area (Å²) < 4.78 is 20.2. The molecule has 0 spiro atoms. The third-order valence-corrected chi connectivity index (χ3v) is 6.82. The number of amides is 1. The number of ether oxygens (including phenoxy) is 1. The highest BCUT2D eigenvalue weighted by molar-refractivity contribution is 6.04. The molecule has 5 rings (SSSR count). The quantitative estimate of drug-likeness (QED) is 0.175. The second kappa shape index (κ2) is 11.4. The molecule has 1 amide bonds. The molecule has 2 aromatic carbocycles. The molecule has 0 atom stereocenters. The zero-order chi connectivity index (χ0) is 28.3. The molecule has 2 heterocycles. The Kier molecular flexibility index (Phi) is 7.76. The first-order valence-electron chi connectivity index (χ1n) is 13.1. The summed E-state index contributed by atoms with van der Waals surface area (Å²) in [5.74, 6) is -0.0749. The van der Waals surface area contributed by atoms with Crippen LogP contribution in [0, 0.1) is 5.82 Å². The van der Waals surface area contributed by atoms with Gasteiger partial charge in [-0.3, -0.25) is 14.7 Å². The number of H-pyrrole nitrogens is 2. The normalized spacial score (nSPS) is 13.3. The minimum Gasteiger partial charge on any atom is -0.394 e. The predicted octanol–water partition coefficient (Wildman–Crippen LogP) is 4.46. The number of benzene rings is 2. The maximum atomic E-state index is 14.7. The van der Waals surface area contributed by atoms with E-state index in [0.29, 0.717) is 35.2 Å². The van der Waals surface area contributed by atoms with Crippen LogP contribution in [-0.2, 0) is 10.2 Å². The maximum Gasteiger partial charge on any atom is 0.287 e. The molecule has 0 aliphatic heterocycles. The number of nitrogens with one attached hydrogen (secondary N) is 4. The number of aromatic amines is 2. The van der Waals surface area contributed by atoms with Gasteiger partial charge < -0.3 is 20.5 Å². The Morgan fingerprint density at radius 1 is 1.07 bits per heavy atom. The number of rotatable bonds is 11. The molecule has 1 aliphatic rings. The third-order valence-electron chi connectivity index (χ3n) is 6.82. The van der Waals surface area contributed by atoms with E-state index in [1.807, 2.05) is 32.0 Å². The fraction of sp³-hybridized carbons (Fsp3) is 0.310. The van der Waals surface area contributed by atoms with Gasteiger partial charge in [0.2, 0.25) is 0 Å². The van der Waals surface area contributed by atoms with Gasteiger partial charge in [-0.2, -0.15) is 10.2 Å². The van der Waals surface area contributed by atoms with Gasteiger partial charge in [0.25, 0.3) is 11.5 Å². The van der Waals surface area contributed by atoms with Crippen molar-refractivity contribution in [3.8, 4) is 11.3 Å². The Labute approximate surface area is 230 Å². The molecule has 11 heteroatoms. The lowest BCUT2D eigenvalue weighted by Gasteiger charge is -2.25.